The highest BCUT2D eigenvalue weighted by Gasteiger charge is 2.30. The van der Waals surface area contributed by atoms with E-state index in [2.05, 4.69) is 10.3 Å². The second-order valence-corrected chi connectivity index (χ2v) is 7.47. The van der Waals surface area contributed by atoms with Gasteiger partial charge in [-0.15, -0.1) is 0 Å². The zero-order valence-corrected chi connectivity index (χ0v) is 17.2. The van der Waals surface area contributed by atoms with Gasteiger partial charge in [0.25, 0.3) is 0 Å². The number of halogens is 4. The van der Waals surface area contributed by atoms with Gasteiger partial charge in [-0.25, -0.2) is 4.98 Å². The Kier molecular flexibility index (Phi) is 7.30. The van der Waals surface area contributed by atoms with Crippen LogP contribution in [0.2, 0.25) is 5.15 Å². The van der Waals surface area contributed by atoms with Crippen LogP contribution < -0.4 is 11.1 Å². The number of rotatable bonds is 8. The van der Waals surface area contributed by atoms with E-state index in [-0.39, 0.29) is 0 Å². The van der Waals surface area contributed by atoms with E-state index in [1.165, 1.54) is 12.1 Å². The number of nitrogens with one attached hydrogen (secondary N) is 1. The van der Waals surface area contributed by atoms with Gasteiger partial charge < -0.3 is 5.73 Å². The van der Waals surface area contributed by atoms with Crippen LogP contribution in [0.3, 0.4) is 0 Å². The van der Waals surface area contributed by atoms with Gasteiger partial charge >= 0.3 is 6.18 Å². The van der Waals surface area contributed by atoms with Crippen molar-refractivity contribution in [1.82, 2.24) is 10.3 Å². The Morgan fingerprint density at radius 3 is 2.26 bits per heavy atom. The minimum Gasteiger partial charge on any atom is -0.368 e. The van der Waals surface area contributed by atoms with Crippen LogP contribution in [0.1, 0.15) is 40.9 Å². The summed E-state index contributed by atoms with van der Waals surface area (Å²) in [7, 11) is 0. The van der Waals surface area contributed by atoms with Gasteiger partial charge in [0.1, 0.15) is 11.2 Å². The first-order chi connectivity index (χ1) is 14.7. The molecular weight excluding hydrogens is 427 g/mol. The molecule has 2 atom stereocenters. The van der Waals surface area contributed by atoms with E-state index >= 15 is 0 Å². The molecule has 1 amide bonds. The predicted octanol–water partition coefficient (Wildman–Crippen LogP) is 5.24. The topological polar surface area (TPSA) is 68.0 Å². The number of benzene rings is 2. The monoisotopic (exact) mass is 447 g/mol. The maximum Gasteiger partial charge on any atom is 0.416 e. The van der Waals surface area contributed by atoms with Crippen molar-refractivity contribution < 1.29 is 18.0 Å². The molecule has 0 bridgehead atoms. The summed E-state index contributed by atoms with van der Waals surface area (Å²) >= 11 is 6.05. The molecule has 0 saturated carbocycles. The molecule has 2 aromatic carbocycles. The van der Waals surface area contributed by atoms with Crippen LogP contribution in [0.5, 0.6) is 0 Å². The van der Waals surface area contributed by atoms with Crippen molar-refractivity contribution >= 4 is 17.5 Å². The number of pyridine rings is 1. The molecule has 0 aliphatic heterocycles. The van der Waals surface area contributed by atoms with Crippen molar-refractivity contribution in [3.05, 3.63) is 100 Å². The summed E-state index contributed by atoms with van der Waals surface area (Å²) in [6.45, 7) is 0. The molecule has 3 N–H and O–H groups in total. The van der Waals surface area contributed by atoms with Gasteiger partial charge in [0, 0.05) is 0 Å². The van der Waals surface area contributed by atoms with Crippen molar-refractivity contribution in [3.8, 4) is 0 Å². The first-order valence-corrected chi connectivity index (χ1v) is 10.0. The molecule has 0 fully saturated rings. The van der Waals surface area contributed by atoms with Gasteiger partial charge in [-0.1, -0.05) is 60.1 Å². The van der Waals surface area contributed by atoms with Gasteiger partial charge in [0.2, 0.25) is 5.91 Å². The second-order valence-electron chi connectivity index (χ2n) is 7.08. The SMILES string of the molecule is NC(=O)[C@@H](N[C@H](CCc1ccc(C(F)(F)F)cc1)c1cccc(Cl)n1)c1ccccc1. The lowest BCUT2D eigenvalue weighted by molar-refractivity contribution is -0.137. The number of hydrogen-bond acceptors (Lipinski definition) is 3. The molecule has 31 heavy (non-hydrogen) atoms. The van der Waals surface area contributed by atoms with Gasteiger partial charge in [0.05, 0.1) is 17.3 Å². The first kappa shape index (κ1) is 22.8. The summed E-state index contributed by atoms with van der Waals surface area (Å²) in [5.41, 5.74) is 6.99. The second kappa shape index (κ2) is 9.94. The van der Waals surface area contributed by atoms with E-state index < -0.39 is 29.7 Å². The lowest BCUT2D eigenvalue weighted by atomic mass is 9.98. The van der Waals surface area contributed by atoms with Crippen LogP contribution in [0.4, 0.5) is 13.2 Å². The number of nitrogens with two attached hydrogens (primary N) is 1. The standard InChI is InChI=1S/C23H21ClF3N3O/c24-20-8-4-7-18(29-20)19(30-21(22(28)31)16-5-2-1-3-6-16)14-11-15-9-12-17(13-10-15)23(25,26)27/h1-10,12-13,19,21,30H,11,14H2,(H2,28,31)/t19-,21+/m1/s1. The number of hydrogen-bond donors (Lipinski definition) is 2. The summed E-state index contributed by atoms with van der Waals surface area (Å²) in [6, 6.07) is 18.1. The maximum absolute atomic E-state index is 12.8. The molecule has 8 heteroatoms. The highest BCUT2D eigenvalue weighted by atomic mass is 35.5. The Morgan fingerprint density at radius 1 is 1.00 bits per heavy atom. The summed E-state index contributed by atoms with van der Waals surface area (Å²) in [5.74, 6) is -0.548. The lowest BCUT2D eigenvalue weighted by Gasteiger charge is -2.24. The lowest BCUT2D eigenvalue weighted by Crippen LogP contribution is -2.36. The van der Waals surface area contributed by atoms with Crippen LogP contribution in [-0.2, 0) is 17.4 Å². The van der Waals surface area contributed by atoms with Gasteiger partial charge in [-0.05, 0) is 48.2 Å². The van der Waals surface area contributed by atoms with Crippen LogP contribution in [0.15, 0.2) is 72.8 Å². The van der Waals surface area contributed by atoms with Crippen molar-refractivity contribution in [1.29, 1.82) is 0 Å². The largest absolute Gasteiger partial charge is 0.416 e. The number of primary amides is 1. The van der Waals surface area contributed by atoms with E-state index in [0.717, 1.165) is 17.7 Å². The van der Waals surface area contributed by atoms with Crippen molar-refractivity contribution in [2.24, 2.45) is 5.73 Å². The molecule has 1 aromatic heterocycles. The Morgan fingerprint density at radius 2 is 1.68 bits per heavy atom. The number of amides is 1. The molecule has 4 nitrogen and oxygen atoms in total. The fraction of sp³-hybridized carbons (Fsp3) is 0.217. The molecule has 162 valence electrons. The van der Waals surface area contributed by atoms with E-state index in [1.54, 1.807) is 30.3 Å². The molecule has 1 heterocycles. The van der Waals surface area contributed by atoms with Gasteiger partial charge in [-0.3, -0.25) is 10.1 Å². The molecule has 0 aliphatic rings. The predicted molar refractivity (Wildman–Crippen MR) is 113 cm³/mol. The third-order valence-corrected chi connectivity index (χ3v) is 5.09. The zero-order valence-electron chi connectivity index (χ0n) is 16.4. The van der Waals surface area contributed by atoms with Crippen LogP contribution >= 0.6 is 11.6 Å². The summed E-state index contributed by atoms with van der Waals surface area (Å²) in [5, 5.41) is 3.54. The van der Waals surface area contributed by atoms with Gasteiger partial charge in [0.15, 0.2) is 0 Å². The molecule has 0 aliphatic carbocycles. The summed E-state index contributed by atoms with van der Waals surface area (Å²) < 4.78 is 38.4. The van der Waals surface area contributed by atoms with Crippen molar-refractivity contribution in [3.63, 3.8) is 0 Å². The van der Waals surface area contributed by atoms with E-state index in [1.807, 2.05) is 18.2 Å². The van der Waals surface area contributed by atoms with Crippen LogP contribution in [-0.4, -0.2) is 10.9 Å². The van der Waals surface area contributed by atoms with Crippen molar-refractivity contribution in [2.75, 3.05) is 0 Å². The third kappa shape index (κ3) is 6.29. The molecular formula is C23H21ClF3N3O. The number of aromatic nitrogens is 1. The Hall–Kier alpha value is -2.90. The Bertz CT molecular complexity index is 1010. The average Bonchev–Trinajstić information content (AvgIpc) is 2.74. The van der Waals surface area contributed by atoms with Gasteiger partial charge in [-0.2, -0.15) is 13.2 Å². The molecule has 3 rings (SSSR count). The maximum atomic E-state index is 12.8. The summed E-state index contributed by atoms with van der Waals surface area (Å²) in [4.78, 5) is 16.5. The number of aryl methyl sites for hydroxylation is 1. The third-order valence-electron chi connectivity index (χ3n) is 4.88. The minimum atomic E-state index is -4.38. The van der Waals surface area contributed by atoms with Crippen LogP contribution in [0, 0.1) is 0 Å². The molecule has 0 spiro atoms. The molecule has 0 saturated heterocycles. The number of carbonyl (C=O) groups excluding carboxylic acids is 1. The first-order valence-electron chi connectivity index (χ1n) is 9.63. The van der Waals surface area contributed by atoms with Crippen molar-refractivity contribution in [2.45, 2.75) is 31.1 Å². The molecule has 0 radical (unpaired) electrons. The Balaban J connectivity index is 1.82. The zero-order chi connectivity index (χ0) is 22.4. The van der Waals surface area contributed by atoms with E-state index in [0.29, 0.717) is 29.3 Å². The fourth-order valence-electron chi connectivity index (χ4n) is 3.30. The number of alkyl halides is 3. The normalized spacial score (nSPS) is 13.5. The quantitative estimate of drug-likeness (QED) is 0.464. The Labute approximate surface area is 183 Å². The minimum absolute atomic E-state index is 0.300. The average molecular weight is 448 g/mol. The molecule has 3 aromatic rings. The number of nitrogens with zero attached hydrogens (tertiary/aromatic N) is 1. The smallest absolute Gasteiger partial charge is 0.368 e. The number of carbonyl (C=O) groups is 1. The van der Waals surface area contributed by atoms with E-state index in [9.17, 15) is 18.0 Å². The highest BCUT2D eigenvalue weighted by molar-refractivity contribution is 6.29. The summed E-state index contributed by atoms with van der Waals surface area (Å²) in [6.07, 6.45) is -3.45. The highest BCUT2D eigenvalue weighted by Crippen LogP contribution is 2.30. The molecule has 0 unspecified atom stereocenters. The van der Waals surface area contributed by atoms with Crippen LogP contribution in [0.25, 0.3) is 0 Å². The fourth-order valence-corrected chi connectivity index (χ4v) is 3.47. The van der Waals surface area contributed by atoms with E-state index in [4.69, 9.17) is 17.3 Å².